The predicted octanol–water partition coefficient (Wildman–Crippen LogP) is 1.86. The maximum atomic E-state index is 4.99. The van der Waals surface area contributed by atoms with Gasteiger partial charge in [-0.05, 0) is 13.8 Å². The van der Waals surface area contributed by atoms with Crippen molar-refractivity contribution in [2.45, 2.75) is 20.3 Å². The van der Waals surface area contributed by atoms with E-state index in [1.54, 1.807) is 11.3 Å². The van der Waals surface area contributed by atoms with Crippen molar-refractivity contribution in [1.82, 2.24) is 15.1 Å². The van der Waals surface area contributed by atoms with Crippen LogP contribution in [-0.2, 0) is 6.42 Å². The molecule has 2 aromatic heterocycles. The molecule has 6 heteroatoms. The Morgan fingerprint density at radius 1 is 1.47 bits per heavy atom. The third-order valence-electron chi connectivity index (χ3n) is 1.80. The fraction of sp³-hybridized carbons (Fsp3) is 0.444. The van der Waals surface area contributed by atoms with Crippen molar-refractivity contribution in [3.05, 3.63) is 21.9 Å². The van der Waals surface area contributed by atoms with Gasteiger partial charge in [-0.15, -0.1) is 11.3 Å². The molecule has 15 heavy (non-hydrogen) atoms. The first-order valence-electron chi connectivity index (χ1n) is 4.75. The minimum atomic E-state index is 0.472. The molecule has 0 spiro atoms. The van der Waals surface area contributed by atoms with Crippen LogP contribution in [0.15, 0.2) is 9.90 Å². The summed E-state index contributed by atoms with van der Waals surface area (Å²) in [4.78, 5) is 8.52. The molecular weight excluding hydrogens is 212 g/mol. The van der Waals surface area contributed by atoms with Crippen LogP contribution in [-0.4, -0.2) is 21.7 Å². The second kappa shape index (κ2) is 4.39. The van der Waals surface area contributed by atoms with Gasteiger partial charge in [0.15, 0.2) is 5.82 Å². The first-order valence-corrected chi connectivity index (χ1v) is 5.63. The molecule has 0 unspecified atom stereocenters. The zero-order chi connectivity index (χ0) is 10.7. The Kier molecular flexibility index (Phi) is 2.96. The second-order valence-electron chi connectivity index (χ2n) is 3.08. The van der Waals surface area contributed by atoms with Crippen molar-refractivity contribution in [2.24, 2.45) is 0 Å². The summed E-state index contributed by atoms with van der Waals surface area (Å²) in [5.41, 5.74) is 0.987. The lowest BCUT2D eigenvalue weighted by Crippen LogP contribution is -1.97. The van der Waals surface area contributed by atoms with Gasteiger partial charge >= 0.3 is 6.01 Å². The van der Waals surface area contributed by atoms with Gasteiger partial charge in [-0.2, -0.15) is 4.98 Å². The van der Waals surface area contributed by atoms with Gasteiger partial charge in [0, 0.05) is 11.9 Å². The number of hydrogen-bond donors (Lipinski definition) is 1. The summed E-state index contributed by atoms with van der Waals surface area (Å²) in [6, 6.07) is 0.472. The van der Waals surface area contributed by atoms with Crippen molar-refractivity contribution in [1.29, 1.82) is 0 Å². The summed E-state index contributed by atoms with van der Waals surface area (Å²) < 4.78 is 4.99. The summed E-state index contributed by atoms with van der Waals surface area (Å²) in [7, 11) is 0. The molecule has 0 bridgehead atoms. The number of aryl methyl sites for hydroxylation is 1. The molecule has 2 rings (SSSR count). The van der Waals surface area contributed by atoms with Gasteiger partial charge in [-0.3, -0.25) is 0 Å². The molecule has 1 N–H and O–H groups in total. The third kappa shape index (κ3) is 2.53. The highest BCUT2D eigenvalue weighted by Gasteiger charge is 2.07. The Bertz CT molecular complexity index is 437. The number of anilines is 1. The number of rotatable bonds is 4. The Morgan fingerprint density at radius 3 is 3.00 bits per heavy atom. The van der Waals surface area contributed by atoms with E-state index in [1.165, 1.54) is 0 Å². The first-order chi connectivity index (χ1) is 7.28. The molecule has 5 nitrogen and oxygen atoms in total. The molecule has 0 aliphatic carbocycles. The molecule has 0 radical (unpaired) electrons. The summed E-state index contributed by atoms with van der Waals surface area (Å²) in [5.74, 6) is 0.663. The monoisotopic (exact) mass is 224 g/mol. The predicted molar refractivity (Wildman–Crippen MR) is 58.1 cm³/mol. The Hall–Kier alpha value is -1.43. The highest BCUT2D eigenvalue weighted by molar-refractivity contribution is 7.09. The Balaban J connectivity index is 2.04. The van der Waals surface area contributed by atoms with E-state index in [4.69, 9.17) is 4.52 Å². The molecular formula is C9H12N4OS. The molecule has 0 atom stereocenters. The van der Waals surface area contributed by atoms with Crippen LogP contribution in [0, 0.1) is 6.92 Å². The summed E-state index contributed by atoms with van der Waals surface area (Å²) in [6.07, 6.45) is 0.624. The molecule has 0 aromatic carbocycles. The molecule has 0 fully saturated rings. The van der Waals surface area contributed by atoms with Gasteiger partial charge in [-0.25, -0.2) is 4.98 Å². The highest BCUT2D eigenvalue weighted by Crippen LogP contribution is 2.12. The minimum absolute atomic E-state index is 0.472. The summed E-state index contributed by atoms with van der Waals surface area (Å²) in [5, 5.41) is 9.88. The van der Waals surface area contributed by atoms with Gasteiger partial charge < -0.3 is 9.84 Å². The van der Waals surface area contributed by atoms with E-state index < -0.39 is 0 Å². The fourth-order valence-electron chi connectivity index (χ4n) is 1.20. The van der Waals surface area contributed by atoms with Crippen molar-refractivity contribution >= 4 is 17.4 Å². The van der Waals surface area contributed by atoms with Gasteiger partial charge in [0.05, 0.1) is 17.1 Å². The van der Waals surface area contributed by atoms with Crippen molar-refractivity contribution in [3.8, 4) is 0 Å². The normalized spacial score (nSPS) is 10.5. The number of hydrogen-bond acceptors (Lipinski definition) is 6. The van der Waals surface area contributed by atoms with E-state index in [2.05, 4.69) is 20.4 Å². The maximum Gasteiger partial charge on any atom is 0.321 e. The number of aromatic nitrogens is 3. The van der Waals surface area contributed by atoms with Crippen molar-refractivity contribution in [2.75, 3.05) is 11.9 Å². The molecule has 0 amide bonds. The largest absolute Gasteiger partial charge is 0.338 e. The lowest BCUT2D eigenvalue weighted by molar-refractivity contribution is 0.424. The quantitative estimate of drug-likeness (QED) is 0.858. The average molecular weight is 224 g/mol. The van der Waals surface area contributed by atoms with Gasteiger partial charge in [0.2, 0.25) is 0 Å². The third-order valence-corrected chi connectivity index (χ3v) is 2.62. The summed E-state index contributed by atoms with van der Waals surface area (Å²) >= 11 is 1.63. The van der Waals surface area contributed by atoms with Crippen LogP contribution < -0.4 is 5.32 Å². The van der Waals surface area contributed by atoms with Crippen LogP contribution in [0.2, 0.25) is 0 Å². The topological polar surface area (TPSA) is 63.8 Å². The molecule has 0 saturated heterocycles. The van der Waals surface area contributed by atoms with Crippen LogP contribution in [0.4, 0.5) is 6.01 Å². The lowest BCUT2D eigenvalue weighted by Gasteiger charge is -1.90. The highest BCUT2D eigenvalue weighted by atomic mass is 32.1. The van der Waals surface area contributed by atoms with Gasteiger partial charge in [-0.1, -0.05) is 5.16 Å². The van der Waals surface area contributed by atoms with Crippen LogP contribution >= 0.6 is 11.3 Å². The average Bonchev–Trinajstić information content (AvgIpc) is 2.78. The summed E-state index contributed by atoms with van der Waals surface area (Å²) in [6.45, 7) is 4.74. The Morgan fingerprint density at radius 2 is 2.33 bits per heavy atom. The molecule has 0 aliphatic rings. The molecule has 0 aliphatic heterocycles. The Labute approximate surface area is 91.5 Å². The van der Waals surface area contributed by atoms with E-state index in [-0.39, 0.29) is 0 Å². The smallest absolute Gasteiger partial charge is 0.321 e. The van der Waals surface area contributed by atoms with E-state index in [0.29, 0.717) is 18.3 Å². The number of thiazole rings is 1. The number of nitrogens with one attached hydrogen (secondary N) is 1. The standard InChI is InChI=1S/C9H12N4OS/c1-3-10-9-12-8(13-14-9)4-7-5-15-6(2)11-7/h5H,3-4H2,1-2H3,(H,10,12,13). The van der Waals surface area contributed by atoms with Crippen LogP contribution in [0.25, 0.3) is 0 Å². The van der Waals surface area contributed by atoms with E-state index in [1.807, 2.05) is 19.2 Å². The molecule has 2 heterocycles. The fourth-order valence-corrected chi connectivity index (χ4v) is 1.81. The van der Waals surface area contributed by atoms with Crippen molar-refractivity contribution in [3.63, 3.8) is 0 Å². The van der Waals surface area contributed by atoms with Crippen LogP contribution in [0.1, 0.15) is 23.4 Å². The van der Waals surface area contributed by atoms with Gasteiger partial charge in [0.25, 0.3) is 0 Å². The maximum absolute atomic E-state index is 4.99. The SMILES string of the molecule is CCNc1nc(Cc2csc(C)n2)no1. The van der Waals surface area contributed by atoms with Gasteiger partial charge in [0.1, 0.15) is 0 Å². The number of nitrogens with zero attached hydrogens (tertiary/aromatic N) is 3. The zero-order valence-corrected chi connectivity index (χ0v) is 9.47. The first kappa shape index (κ1) is 10.1. The minimum Gasteiger partial charge on any atom is -0.338 e. The van der Waals surface area contributed by atoms with Crippen molar-refractivity contribution < 1.29 is 4.52 Å². The van der Waals surface area contributed by atoms with E-state index in [9.17, 15) is 0 Å². The van der Waals surface area contributed by atoms with Crippen LogP contribution in [0.5, 0.6) is 0 Å². The lowest BCUT2D eigenvalue weighted by atomic mass is 10.3. The second-order valence-corrected chi connectivity index (χ2v) is 4.14. The molecule has 2 aromatic rings. The van der Waals surface area contributed by atoms with Crippen LogP contribution in [0.3, 0.4) is 0 Å². The molecule has 80 valence electrons. The van der Waals surface area contributed by atoms with E-state index >= 15 is 0 Å². The molecule has 0 saturated carbocycles. The van der Waals surface area contributed by atoms with E-state index in [0.717, 1.165) is 17.2 Å². The zero-order valence-electron chi connectivity index (χ0n) is 8.65.